The summed E-state index contributed by atoms with van der Waals surface area (Å²) in [7, 11) is 1.69. The number of rotatable bonds is 6. The Labute approximate surface area is 135 Å². The van der Waals surface area contributed by atoms with Crippen LogP contribution in [0.4, 0.5) is 0 Å². The van der Waals surface area contributed by atoms with Gasteiger partial charge in [0, 0.05) is 34.1 Å². The molecule has 0 fully saturated rings. The van der Waals surface area contributed by atoms with E-state index in [1.807, 2.05) is 18.2 Å². The van der Waals surface area contributed by atoms with Crippen LogP contribution >= 0.6 is 11.6 Å². The first-order chi connectivity index (χ1) is 10.8. The Bertz CT molecular complexity index is 767. The van der Waals surface area contributed by atoms with Crippen molar-refractivity contribution >= 4 is 22.5 Å². The van der Waals surface area contributed by atoms with Crippen LogP contribution in [0.2, 0.25) is 5.02 Å². The second-order valence-electron chi connectivity index (χ2n) is 5.35. The number of halogens is 1. The Balaban J connectivity index is 1.59. The zero-order chi connectivity index (χ0) is 15.4. The van der Waals surface area contributed by atoms with Crippen molar-refractivity contribution < 1.29 is 10.1 Å². The predicted molar refractivity (Wildman–Crippen MR) is 90.5 cm³/mol. The van der Waals surface area contributed by atoms with Gasteiger partial charge in [-0.2, -0.15) is 0 Å². The number of aromatic amines is 1. The molecule has 3 aromatic rings. The largest absolute Gasteiger partial charge is 0.496 e. The Kier molecular flexibility index (Phi) is 4.66. The number of benzene rings is 2. The molecule has 4 heteroatoms. The molecular formula is C18H20ClN2O+. The lowest BCUT2D eigenvalue weighted by atomic mass is 10.1. The minimum atomic E-state index is 0.751. The number of fused-ring (bicyclic) bond motifs is 1. The summed E-state index contributed by atoms with van der Waals surface area (Å²) >= 11 is 6.06. The topological polar surface area (TPSA) is 41.6 Å². The molecule has 0 atom stereocenters. The summed E-state index contributed by atoms with van der Waals surface area (Å²) in [5.41, 5.74) is 3.70. The third-order valence-electron chi connectivity index (χ3n) is 3.90. The number of ether oxygens (including phenoxy) is 1. The summed E-state index contributed by atoms with van der Waals surface area (Å²) < 4.78 is 5.38. The zero-order valence-electron chi connectivity index (χ0n) is 12.6. The summed E-state index contributed by atoms with van der Waals surface area (Å²) in [4.78, 5) is 3.32. The van der Waals surface area contributed by atoms with Gasteiger partial charge in [-0.05, 0) is 29.8 Å². The van der Waals surface area contributed by atoms with E-state index in [1.165, 1.54) is 16.5 Å². The van der Waals surface area contributed by atoms with Gasteiger partial charge in [0.25, 0.3) is 0 Å². The molecule has 1 aromatic heterocycles. The first-order valence-electron chi connectivity index (χ1n) is 7.47. The summed E-state index contributed by atoms with van der Waals surface area (Å²) in [6.45, 7) is 1.89. The third kappa shape index (κ3) is 3.26. The van der Waals surface area contributed by atoms with Crippen LogP contribution in [0.3, 0.4) is 0 Å². The summed E-state index contributed by atoms with van der Waals surface area (Å²) in [6, 6.07) is 14.2. The highest BCUT2D eigenvalue weighted by molar-refractivity contribution is 6.30. The molecule has 1 heterocycles. The number of nitrogens with one attached hydrogen (secondary N) is 1. The minimum Gasteiger partial charge on any atom is -0.496 e. The van der Waals surface area contributed by atoms with Crippen molar-refractivity contribution in [2.75, 3.05) is 13.7 Å². The number of hydrogen-bond acceptors (Lipinski definition) is 1. The minimum absolute atomic E-state index is 0.751. The van der Waals surface area contributed by atoms with Crippen molar-refractivity contribution in [3.8, 4) is 5.75 Å². The molecule has 0 aliphatic rings. The maximum absolute atomic E-state index is 6.06. The fourth-order valence-corrected chi connectivity index (χ4v) is 2.95. The first-order valence-corrected chi connectivity index (χ1v) is 7.85. The molecule has 0 saturated heterocycles. The molecule has 2 aromatic carbocycles. The van der Waals surface area contributed by atoms with Crippen LogP contribution in [0.5, 0.6) is 5.75 Å². The van der Waals surface area contributed by atoms with Crippen molar-refractivity contribution in [3.05, 3.63) is 64.8 Å². The quantitative estimate of drug-likeness (QED) is 0.674. The molecule has 0 bridgehead atoms. The van der Waals surface area contributed by atoms with Gasteiger partial charge in [-0.1, -0.05) is 29.8 Å². The summed E-state index contributed by atoms with van der Waals surface area (Å²) in [5.74, 6) is 0.896. The van der Waals surface area contributed by atoms with Gasteiger partial charge in [0.1, 0.15) is 12.3 Å². The Morgan fingerprint density at radius 1 is 1.14 bits per heavy atom. The average Bonchev–Trinajstić information content (AvgIpc) is 2.95. The first kappa shape index (κ1) is 14.9. The molecule has 0 amide bonds. The van der Waals surface area contributed by atoms with Gasteiger partial charge in [-0.15, -0.1) is 0 Å². The number of hydrogen-bond donors (Lipinski definition) is 2. The molecule has 0 aliphatic carbocycles. The summed E-state index contributed by atoms with van der Waals surface area (Å²) in [5, 5.41) is 4.35. The lowest BCUT2D eigenvalue weighted by Gasteiger charge is -2.08. The van der Waals surface area contributed by atoms with Crippen LogP contribution in [0, 0.1) is 0 Å². The van der Waals surface area contributed by atoms with E-state index in [4.69, 9.17) is 16.3 Å². The van der Waals surface area contributed by atoms with Gasteiger partial charge in [0.2, 0.25) is 0 Å². The Morgan fingerprint density at radius 2 is 2.00 bits per heavy atom. The number of aromatic nitrogens is 1. The highest BCUT2D eigenvalue weighted by Crippen LogP contribution is 2.21. The summed E-state index contributed by atoms with van der Waals surface area (Å²) in [6.07, 6.45) is 3.14. The molecule has 0 unspecified atom stereocenters. The molecule has 3 rings (SSSR count). The molecule has 114 valence electrons. The highest BCUT2D eigenvalue weighted by Gasteiger charge is 2.07. The van der Waals surface area contributed by atoms with E-state index in [-0.39, 0.29) is 0 Å². The van der Waals surface area contributed by atoms with Crippen molar-refractivity contribution in [2.24, 2.45) is 0 Å². The molecule has 0 saturated carbocycles. The van der Waals surface area contributed by atoms with Crippen molar-refractivity contribution in [2.45, 2.75) is 13.0 Å². The van der Waals surface area contributed by atoms with E-state index >= 15 is 0 Å². The maximum Gasteiger partial charge on any atom is 0.127 e. The van der Waals surface area contributed by atoms with Gasteiger partial charge in [0.05, 0.1) is 13.7 Å². The van der Waals surface area contributed by atoms with E-state index in [0.29, 0.717) is 0 Å². The highest BCUT2D eigenvalue weighted by atomic mass is 35.5. The molecule has 3 nitrogen and oxygen atoms in total. The van der Waals surface area contributed by atoms with Crippen molar-refractivity contribution in [3.63, 3.8) is 0 Å². The average molecular weight is 316 g/mol. The smallest absolute Gasteiger partial charge is 0.127 e. The van der Waals surface area contributed by atoms with Gasteiger partial charge in [0.15, 0.2) is 0 Å². The van der Waals surface area contributed by atoms with Crippen LogP contribution in [0.25, 0.3) is 10.9 Å². The van der Waals surface area contributed by atoms with E-state index in [0.717, 1.165) is 35.8 Å². The monoisotopic (exact) mass is 315 g/mol. The van der Waals surface area contributed by atoms with Gasteiger partial charge >= 0.3 is 0 Å². The zero-order valence-corrected chi connectivity index (χ0v) is 13.4. The maximum atomic E-state index is 6.06. The van der Waals surface area contributed by atoms with E-state index in [9.17, 15) is 0 Å². The van der Waals surface area contributed by atoms with Gasteiger partial charge in [-0.25, -0.2) is 0 Å². The van der Waals surface area contributed by atoms with Crippen LogP contribution in [0.1, 0.15) is 11.1 Å². The van der Waals surface area contributed by atoms with Crippen LogP contribution in [-0.4, -0.2) is 18.6 Å². The molecule has 0 spiro atoms. The number of para-hydroxylation sites is 1. The number of H-pyrrole nitrogens is 1. The number of quaternary nitrogens is 1. The predicted octanol–water partition coefficient (Wildman–Crippen LogP) is 3.14. The second-order valence-corrected chi connectivity index (χ2v) is 5.78. The molecule has 0 aliphatic heterocycles. The van der Waals surface area contributed by atoms with Gasteiger partial charge < -0.3 is 15.0 Å². The van der Waals surface area contributed by atoms with E-state index in [2.05, 4.69) is 40.8 Å². The Morgan fingerprint density at radius 3 is 2.86 bits per heavy atom. The SMILES string of the molecule is COc1ccc(Cl)cc1C[NH2+]CCc1c[nH]c2ccccc12. The van der Waals surface area contributed by atoms with Crippen LogP contribution in [-0.2, 0) is 13.0 Å². The van der Waals surface area contributed by atoms with Crippen molar-refractivity contribution in [1.29, 1.82) is 0 Å². The van der Waals surface area contributed by atoms with Crippen LogP contribution < -0.4 is 10.1 Å². The normalized spacial score (nSPS) is 11.0. The molecule has 0 radical (unpaired) electrons. The molecular weight excluding hydrogens is 296 g/mol. The van der Waals surface area contributed by atoms with Crippen molar-refractivity contribution in [1.82, 2.24) is 4.98 Å². The Hall–Kier alpha value is -1.97. The lowest BCUT2D eigenvalue weighted by molar-refractivity contribution is -0.670. The lowest BCUT2D eigenvalue weighted by Crippen LogP contribution is -2.83. The number of nitrogens with two attached hydrogens (primary N) is 1. The van der Waals surface area contributed by atoms with Gasteiger partial charge in [-0.3, -0.25) is 0 Å². The molecule has 22 heavy (non-hydrogen) atoms. The van der Waals surface area contributed by atoms with E-state index in [1.54, 1.807) is 7.11 Å². The standard InChI is InChI=1S/C18H19ClN2O/c1-22-18-7-6-15(19)10-14(18)11-20-9-8-13-12-21-17-5-3-2-4-16(13)17/h2-7,10,12,20-21H,8-9,11H2,1H3/p+1. The van der Waals surface area contributed by atoms with Crippen LogP contribution in [0.15, 0.2) is 48.7 Å². The fourth-order valence-electron chi connectivity index (χ4n) is 2.76. The third-order valence-corrected chi connectivity index (χ3v) is 4.13. The fraction of sp³-hybridized carbons (Fsp3) is 0.222. The second kappa shape index (κ2) is 6.86. The molecule has 3 N–H and O–H groups in total. The van der Waals surface area contributed by atoms with E-state index < -0.39 is 0 Å². The number of methoxy groups -OCH3 is 1.